The summed E-state index contributed by atoms with van der Waals surface area (Å²) in [4.78, 5) is 11.5. The number of hydrogen-bond donors (Lipinski definition) is 1. The monoisotopic (exact) mass is 263 g/mol. The van der Waals surface area contributed by atoms with Crippen LogP contribution < -0.4 is 5.32 Å². The summed E-state index contributed by atoms with van der Waals surface area (Å²) < 4.78 is 0. The van der Waals surface area contributed by atoms with Crippen molar-refractivity contribution in [1.29, 1.82) is 0 Å². The fourth-order valence-corrected chi connectivity index (χ4v) is 1.50. The minimum absolute atomic E-state index is 0.0408. The van der Waals surface area contributed by atoms with E-state index in [1.165, 1.54) is 11.8 Å². The zero-order valence-corrected chi connectivity index (χ0v) is 10.7. The molecule has 82 valence electrons. The lowest BCUT2D eigenvalue weighted by atomic mass is 10.3. The van der Waals surface area contributed by atoms with Crippen molar-refractivity contribution in [2.24, 2.45) is 0 Å². The zero-order chi connectivity index (χ0) is 11.4. The molecule has 0 spiro atoms. The Bertz CT molecular complexity index is 370. The Morgan fingerprint density at radius 2 is 2.07 bits per heavy atom. The van der Waals surface area contributed by atoms with Crippen molar-refractivity contribution in [1.82, 2.24) is 0 Å². The molecule has 1 amide bonds. The summed E-state index contributed by atoms with van der Waals surface area (Å²) in [5, 5.41) is 3.59. The van der Waals surface area contributed by atoms with Gasteiger partial charge in [0.2, 0.25) is 5.91 Å². The highest BCUT2D eigenvalue weighted by molar-refractivity contribution is 7.99. The highest BCUT2D eigenvalue weighted by atomic mass is 35.5. The summed E-state index contributed by atoms with van der Waals surface area (Å²) in [6, 6.07) is 5.01. The summed E-state index contributed by atoms with van der Waals surface area (Å²) >= 11 is 13.1. The topological polar surface area (TPSA) is 29.1 Å². The molecule has 0 fully saturated rings. The molecule has 2 nitrogen and oxygen atoms in total. The Labute approximate surface area is 103 Å². The summed E-state index contributed by atoms with van der Waals surface area (Å²) in [6.07, 6.45) is 1.89. The van der Waals surface area contributed by atoms with Gasteiger partial charge in [0.05, 0.1) is 15.3 Å². The van der Waals surface area contributed by atoms with Crippen LogP contribution in [0.4, 0.5) is 5.69 Å². The average molecular weight is 264 g/mol. The van der Waals surface area contributed by atoms with Crippen LogP contribution in [-0.4, -0.2) is 17.4 Å². The van der Waals surface area contributed by atoms with E-state index in [0.717, 1.165) is 0 Å². The standard InChI is InChI=1S/C10H11Cl2NOS/c1-6(15-2)10(14)13-7-3-4-8(11)9(12)5-7/h3-6H,1-2H3,(H,13,14). The van der Waals surface area contributed by atoms with Crippen LogP contribution in [0, 0.1) is 0 Å². The highest BCUT2D eigenvalue weighted by Crippen LogP contribution is 2.25. The van der Waals surface area contributed by atoms with E-state index in [9.17, 15) is 4.79 Å². The minimum atomic E-state index is -0.0838. The molecule has 1 unspecified atom stereocenters. The van der Waals surface area contributed by atoms with Gasteiger partial charge in [0.25, 0.3) is 0 Å². The van der Waals surface area contributed by atoms with Crippen molar-refractivity contribution in [2.45, 2.75) is 12.2 Å². The SMILES string of the molecule is CSC(C)C(=O)Nc1ccc(Cl)c(Cl)c1. The molecule has 1 rings (SSSR count). The molecule has 0 radical (unpaired) electrons. The van der Waals surface area contributed by atoms with Gasteiger partial charge < -0.3 is 5.32 Å². The smallest absolute Gasteiger partial charge is 0.237 e. The van der Waals surface area contributed by atoms with Gasteiger partial charge in [-0.05, 0) is 31.4 Å². The van der Waals surface area contributed by atoms with Crippen molar-refractivity contribution >= 4 is 46.6 Å². The quantitative estimate of drug-likeness (QED) is 0.902. The van der Waals surface area contributed by atoms with Crippen LogP contribution in [0.5, 0.6) is 0 Å². The largest absolute Gasteiger partial charge is 0.325 e. The van der Waals surface area contributed by atoms with Crippen LogP contribution in [0.25, 0.3) is 0 Å². The Kier molecular flexibility index (Phi) is 4.77. The molecular formula is C10H11Cl2NOS. The van der Waals surface area contributed by atoms with E-state index in [1.807, 2.05) is 13.2 Å². The maximum absolute atomic E-state index is 11.5. The second-order valence-electron chi connectivity index (χ2n) is 3.00. The minimum Gasteiger partial charge on any atom is -0.325 e. The number of rotatable bonds is 3. The van der Waals surface area contributed by atoms with Crippen molar-refractivity contribution in [3.63, 3.8) is 0 Å². The molecule has 1 aromatic carbocycles. The second kappa shape index (κ2) is 5.64. The molecule has 0 aliphatic heterocycles. The van der Waals surface area contributed by atoms with Crippen molar-refractivity contribution in [2.75, 3.05) is 11.6 Å². The van der Waals surface area contributed by atoms with Gasteiger partial charge in [0.15, 0.2) is 0 Å². The van der Waals surface area contributed by atoms with Crippen LogP contribution in [-0.2, 0) is 4.79 Å². The van der Waals surface area contributed by atoms with E-state index in [1.54, 1.807) is 18.2 Å². The summed E-state index contributed by atoms with van der Waals surface area (Å²) in [5.41, 5.74) is 0.662. The maximum atomic E-state index is 11.5. The lowest BCUT2D eigenvalue weighted by molar-refractivity contribution is -0.115. The predicted octanol–water partition coefficient (Wildman–Crippen LogP) is 3.68. The van der Waals surface area contributed by atoms with Crippen molar-refractivity contribution in [3.05, 3.63) is 28.2 Å². The molecule has 0 aliphatic rings. The Morgan fingerprint density at radius 3 is 2.60 bits per heavy atom. The maximum Gasteiger partial charge on any atom is 0.237 e. The van der Waals surface area contributed by atoms with Gasteiger partial charge in [-0.2, -0.15) is 11.8 Å². The van der Waals surface area contributed by atoms with E-state index in [4.69, 9.17) is 23.2 Å². The van der Waals surface area contributed by atoms with Crippen molar-refractivity contribution < 1.29 is 4.79 Å². The van der Waals surface area contributed by atoms with E-state index < -0.39 is 0 Å². The number of carbonyl (C=O) groups excluding carboxylic acids is 1. The normalized spacial score (nSPS) is 12.3. The first-order valence-electron chi connectivity index (χ1n) is 4.33. The first-order chi connectivity index (χ1) is 7.04. The van der Waals surface area contributed by atoms with Crippen LogP contribution >= 0.6 is 35.0 Å². The summed E-state index contributed by atoms with van der Waals surface area (Å²) in [5.74, 6) is -0.0408. The third-order valence-corrected chi connectivity index (χ3v) is 3.57. The molecule has 0 saturated carbocycles. The zero-order valence-electron chi connectivity index (χ0n) is 8.38. The number of amides is 1. The molecule has 0 heterocycles. The van der Waals surface area contributed by atoms with Crippen LogP contribution in [0.3, 0.4) is 0 Å². The number of carbonyl (C=O) groups is 1. The van der Waals surface area contributed by atoms with Gasteiger partial charge in [-0.25, -0.2) is 0 Å². The van der Waals surface area contributed by atoms with Crippen LogP contribution in [0.15, 0.2) is 18.2 Å². The number of anilines is 1. The van der Waals surface area contributed by atoms with Crippen LogP contribution in [0.1, 0.15) is 6.92 Å². The molecule has 0 aromatic heterocycles. The molecule has 1 atom stereocenters. The number of hydrogen-bond acceptors (Lipinski definition) is 2. The number of halogens is 2. The Morgan fingerprint density at radius 1 is 1.40 bits per heavy atom. The number of nitrogens with one attached hydrogen (secondary N) is 1. The summed E-state index contributed by atoms with van der Waals surface area (Å²) in [6.45, 7) is 1.84. The lowest BCUT2D eigenvalue weighted by Crippen LogP contribution is -2.21. The molecule has 5 heteroatoms. The fraction of sp³-hybridized carbons (Fsp3) is 0.300. The molecule has 0 saturated heterocycles. The molecule has 0 bridgehead atoms. The van der Waals surface area contributed by atoms with E-state index >= 15 is 0 Å². The fourth-order valence-electron chi connectivity index (χ4n) is 0.925. The Hall–Kier alpha value is -0.380. The first-order valence-corrected chi connectivity index (χ1v) is 6.37. The Balaban J connectivity index is 2.73. The molecule has 1 N–H and O–H groups in total. The van der Waals surface area contributed by atoms with Gasteiger partial charge >= 0.3 is 0 Å². The van der Waals surface area contributed by atoms with Gasteiger partial charge in [0, 0.05) is 5.69 Å². The van der Waals surface area contributed by atoms with Crippen LogP contribution in [0.2, 0.25) is 10.0 Å². The van der Waals surface area contributed by atoms with Gasteiger partial charge in [-0.15, -0.1) is 0 Å². The van der Waals surface area contributed by atoms with E-state index in [0.29, 0.717) is 15.7 Å². The number of benzene rings is 1. The lowest BCUT2D eigenvalue weighted by Gasteiger charge is -2.10. The highest BCUT2D eigenvalue weighted by Gasteiger charge is 2.11. The third kappa shape index (κ3) is 3.59. The van der Waals surface area contributed by atoms with Gasteiger partial charge in [-0.1, -0.05) is 23.2 Å². The third-order valence-electron chi connectivity index (χ3n) is 1.91. The molecule has 15 heavy (non-hydrogen) atoms. The van der Waals surface area contributed by atoms with Gasteiger partial charge in [-0.3, -0.25) is 4.79 Å². The molecule has 1 aromatic rings. The second-order valence-corrected chi connectivity index (χ2v) is 4.99. The van der Waals surface area contributed by atoms with E-state index in [-0.39, 0.29) is 11.2 Å². The predicted molar refractivity (Wildman–Crippen MR) is 68.1 cm³/mol. The van der Waals surface area contributed by atoms with Crippen molar-refractivity contribution in [3.8, 4) is 0 Å². The number of thioether (sulfide) groups is 1. The molecular weight excluding hydrogens is 253 g/mol. The first kappa shape index (κ1) is 12.7. The summed E-state index contributed by atoms with van der Waals surface area (Å²) in [7, 11) is 0. The van der Waals surface area contributed by atoms with E-state index in [2.05, 4.69) is 5.32 Å². The van der Waals surface area contributed by atoms with Gasteiger partial charge in [0.1, 0.15) is 0 Å². The molecule has 0 aliphatic carbocycles. The average Bonchev–Trinajstić information content (AvgIpc) is 2.22.